The van der Waals surface area contributed by atoms with Crippen molar-refractivity contribution in [1.82, 2.24) is 9.03 Å². The van der Waals surface area contributed by atoms with Gasteiger partial charge in [-0.25, -0.2) is 0 Å². The number of hydrogen-bond donors (Lipinski definition) is 1. The summed E-state index contributed by atoms with van der Waals surface area (Å²) in [5.41, 5.74) is 0.655. The van der Waals surface area contributed by atoms with Gasteiger partial charge in [-0.2, -0.15) is 30.6 Å². The molecule has 1 N–H and O–H groups in total. The average molecular weight is 361 g/mol. The molecule has 0 amide bonds. The maximum atomic E-state index is 12.0. The van der Waals surface area contributed by atoms with Crippen LogP contribution >= 0.6 is 15.9 Å². The van der Waals surface area contributed by atoms with E-state index in [4.69, 9.17) is 0 Å². The first-order valence-corrected chi connectivity index (χ1v) is 7.36. The van der Waals surface area contributed by atoms with Crippen LogP contribution in [0.1, 0.15) is 5.56 Å². The smallest absolute Gasteiger partial charge is 0.195 e. The highest BCUT2D eigenvalue weighted by molar-refractivity contribution is 9.10. The molecular formula is C10H12BrF3N2O2S. The summed E-state index contributed by atoms with van der Waals surface area (Å²) in [6, 6.07) is 6.87. The van der Waals surface area contributed by atoms with E-state index in [-0.39, 0.29) is 6.54 Å². The molecule has 0 aliphatic rings. The van der Waals surface area contributed by atoms with E-state index in [0.717, 1.165) is 4.31 Å². The van der Waals surface area contributed by atoms with Crippen LogP contribution < -0.4 is 4.72 Å². The van der Waals surface area contributed by atoms with E-state index >= 15 is 0 Å². The summed E-state index contributed by atoms with van der Waals surface area (Å²) in [5.74, 6) is 0. The lowest BCUT2D eigenvalue weighted by molar-refractivity contribution is -0.121. The Morgan fingerprint density at radius 3 is 2.42 bits per heavy atom. The van der Waals surface area contributed by atoms with Gasteiger partial charge in [-0.05, 0) is 11.6 Å². The third-order valence-corrected chi connectivity index (χ3v) is 4.45. The zero-order chi connectivity index (χ0) is 14.7. The minimum Gasteiger partial charge on any atom is -0.195 e. The van der Waals surface area contributed by atoms with Crippen LogP contribution in [0.2, 0.25) is 0 Å². The molecule has 0 aromatic heterocycles. The summed E-state index contributed by atoms with van der Waals surface area (Å²) in [4.78, 5) is 0. The SMILES string of the molecule is CN(Cc1ccccc1Br)S(=O)(=O)NCC(F)(F)F. The molecule has 0 spiro atoms. The summed E-state index contributed by atoms with van der Waals surface area (Å²) >= 11 is 3.24. The number of nitrogens with one attached hydrogen (secondary N) is 1. The normalized spacial score (nSPS) is 12.9. The molecule has 0 fully saturated rings. The monoisotopic (exact) mass is 360 g/mol. The topological polar surface area (TPSA) is 49.4 Å². The molecule has 0 radical (unpaired) electrons. The lowest BCUT2D eigenvalue weighted by atomic mass is 10.2. The maximum absolute atomic E-state index is 12.0. The van der Waals surface area contributed by atoms with Gasteiger partial charge >= 0.3 is 6.18 Å². The van der Waals surface area contributed by atoms with Crippen molar-refractivity contribution in [3.63, 3.8) is 0 Å². The third kappa shape index (κ3) is 5.47. The Kier molecular flexibility index (Phi) is 5.36. The second kappa shape index (κ2) is 6.21. The van der Waals surface area contributed by atoms with Crippen LogP contribution in [0.5, 0.6) is 0 Å². The van der Waals surface area contributed by atoms with Gasteiger partial charge in [-0.3, -0.25) is 0 Å². The third-order valence-electron chi connectivity index (χ3n) is 2.22. The molecule has 4 nitrogen and oxygen atoms in total. The molecule has 0 saturated carbocycles. The van der Waals surface area contributed by atoms with E-state index < -0.39 is 22.9 Å². The van der Waals surface area contributed by atoms with E-state index in [0.29, 0.717) is 10.0 Å². The zero-order valence-corrected chi connectivity index (χ0v) is 12.3. The molecule has 0 unspecified atom stereocenters. The highest BCUT2D eigenvalue weighted by Crippen LogP contribution is 2.18. The van der Waals surface area contributed by atoms with Crippen molar-refractivity contribution in [2.75, 3.05) is 13.6 Å². The zero-order valence-electron chi connectivity index (χ0n) is 9.91. The fraction of sp³-hybridized carbons (Fsp3) is 0.400. The van der Waals surface area contributed by atoms with Crippen molar-refractivity contribution in [3.8, 4) is 0 Å². The second-order valence-electron chi connectivity index (χ2n) is 3.79. The van der Waals surface area contributed by atoms with Gasteiger partial charge in [0.1, 0.15) is 6.54 Å². The Balaban J connectivity index is 2.72. The molecule has 1 aromatic rings. The Hall–Kier alpha value is -0.640. The minimum atomic E-state index is -4.58. The molecule has 0 heterocycles. The molecule has 9 heteroatoms. The van der Waals surface area contributed by atoms with Gasteiger partial charge in [0, 0.05) is 18.1 Å². The van der Waals surface area contributed by atoms with Gasteiger partial charge in [0.15, 0.2) is 0 Å². The fourth-order valence-electron chi connectivity index (χ4n) is 1.23. The number of alkyl halides is 3. The van der Waals surface area contributed by atoms with Crippen molar-refractivity contribution in [1.29, 1.82) is 0 Å². The van der Waals surface area contributed by atoms with Crippen molar-refractivity contribution in [3.05, 3.63) is 34.3 Å². The van der Waals surface area contributed by atoms with E-state index in [1.807, 2.05) is 0 Å². The maximum Gasteiger partial charge on any atom is 0.402 e. The molecule has 0 atom stereocenters. The van der Waals surface area contributed by atoms with Crippen LogP contribution in [0.4, 0.5) is 13.2 Å². The number of halogens is 4. The summed E-state index contributed by atoms with van der Waals surface area (Å²) < 4.78 is 62.1. The second-order valence-corrected chi connectivity index (χ2v) is 6.51. The van der Waals surface area contributed by atoms with Gasteiger partial charge in [0.25, 0.3) is 10.2 Å². The van der Waals surface area contributed by atoms with Crippen LogP contribution in [0, 0.1) is 0 Å². The van der Waals surface area contributed by atoms with Crippen LogP contribution in [0.3, 0.4) is 0 Å². The summed E-state index contributed by atoms with van der Waals surface area (Å²) in [5, 5.41) is 0. The number of benzene rings is 1. The van der Waals surface area contributed by atoms with Gasteiger partial charge in [-0.15, -0.1) is 0 Å². The summed E-state index contributed by atoms with van der Waals surface area (Å²) in [7, 11) is -2.96. The lowest BCUT2D eigenvalue weighted by Crippen LogP contribution is -2.42. The molecular weight excluding hydrogens is 349 g/mol. The Bertz CT molecular complexity index is 534. The van der Waals surface area contributed by atoms with Crippen molar-refractivity contribution >= 4 is 26.1 Å². The number of nitrogens with zero attached hydrogens (tertiary/aromatic N) is 1. The molecule has 0 aliphatic heterocycles. The van der Waals surface area contributed by atoms with E-state index in [9.17, 15) is 21.6 Å². The van der Waals surface area contributed by atoms with Crippen LogP contribution in [-0.4, -0.2) is 32.5 Å². The molecule has 0 aliphatic carbocycles. The van der Waals surface area contributed by atoms with E-state index in [1.54, 1.807) is 24.3 Å². The Labute approximate surface area is 117 Å². The summed E-state index contributed by atoms with van der Waals surface area (Å²) in [6.45, 7) is -1.62. The minimum absolute atomic E-state index is 0.0331. The van der Waals surface area contributed by atoms with Gasteiger partial charge in [0.2, 0.25) is 0 Å². The van der Waals surface area contributed by atoms with Crippen LogP contribution in [0.25, 0.3) is 0 Å². The molecule has 0 saturated heterocycles. The van der Waals surface area contributed by atoms with Crippen molar-refractivity contribution in [2.24, 2.45) is 0 Å². The highest BCUT2D eigenvalue weighted by atomic mass is 79.9. The van der Waals surface area contributed by atoms with Gasteiger partial charge in [0.05, 0.1) is 0 Å². The Morgan fingerprint density at radius 1 is 1.32 bits per heavy atom. The summed E-state index contributed by atoms with van der Waals surface area (Å²) in [6.07, 6.45) is -4.58. The lowest BCUT2D eigenvalue weighted by Gasteiger charge is -2.19. The molecule has 1 aromatic carbocycles. The van der Waals surface area contributed by atoms with E-state index in [1.165, 1.54) is 11.8 Å². The van der Waals surface area contributed by atoms with Crippen LogP contribution in [0.15, 0.2) is 28.7 Å². The highest BCUT2D eigenvalue weighted by Gasteiger charge is 2.30. The molecule has 108 valence electrons. The Morgan fingerprint density at radius 2 is 1.89 bits per heavy atom. The van der Waals surface area contributed by atoms with Crippen molar-refractivity contribution in [2.45, 2.75) is 12.7 Å². The number of hydrogen-bond acceptors (Lipinski definition) is 2. The number of rotatable bonds is 5. The standard InChI is InChI=1S/C10H12BrF3N2O2S/c1-16(6-8-4-2-3-5-9(8)11)19(17,18)15-7-10(12,13)14/h2-5,15H,6-7H2,1H3. The molecule has 0 bridgehead atoms. The predicted octanol–water partition coefficient (Wildman–Crippen LogP) is 2.28. The first kappa shape index (κ1) is 16.4. The van der Waals surface area contributed by atoms with Gasteiger partial charge in [-0.1, -0.05) is 34.1 Å². The van der Waals surface area contributed by atoms with Crippen molar-refractivity contribution < 1.29 is 21.6 Å². The largest absolute Gasteiger partial charge is 0.402 e. The van der Waals surface area contributed by atoms with E-state index in [2.05, 4.69) is 15.9 Å². The quantitative estimate of drug-likeness (QED) is 0.875. The first-order chi connectivity index (χ1) is 8.62. The first-order valence-electron chi connectivity index (χ1n) is 5.13. The van der Waals surface area contributed by atoms with Gasteiger partial charge < -0.3 is 0 Å². The average Bonchev–Trinajstić information content (AvgIpc) is 2.29. The molecule has 1 rings (SSSR count). The molecule has 19 heavy (non-hydrogen) atoms. The fourth-order valence-corrected chi connectivity index (χ4v) is 2.52. The predicted molar refractivity (Wildman–Crippen MR) is 68.6 cm³/mol. The van der Waals surface area contributed by atoms with Crippen LogP contribution in [-0.2, 0) is 16.8 Å².